The maximum Gasteiger partial charge on any atom is 0.227 e. The van der Waals surface area contributed by atoms with Gasteiger partial charge in [0.2, 0.25) is 5.91 Å². The van der Waals surface area contributed by atoms with E-state index in [2.05, 4.69) is 38.1 Å². The number of amides is 1. The van der Waals surface area contributed by atoms with Crippen LogP contribution < -0.4 is 9.47 Å². The lowest BCUT2D eigenvalue weighted by Gasteiger charge is -2.46. The fraction of sp³-hybridized carbons (Fsp3) is 0.522. The number of ketones is 1. The van der Waals surface area contributed by atoms with Crippen LogP contribution in [0.25, 0.3) is 0 Å². The lowest BCUT2D eigenvalue weighted by molar-refractivity contribution is -0.140. The quantitative estimate of drug-likeness (QED) is 0.161. The fourth-order valence-corrected chi connectivity index (χ4v) is 9.43. The number of ether oxygens (including phenoxy) is 2. The standard InChI is InChI=1S/C46H59NO6/c1-32-12-11-24-45(2)40(38-21-18-34(26-37(48)20-17-32)27-39(38)44(50)36-15-9-6-10-16-36)23-25-46(45,51)31-47(30-33-13-7-5-8-14-33)43(49)29-35-19-22-41(52-3)42(28-35)53-4/h5,7-8,12-14,18-19,21-22,27-28,36-37,40,48,51H,6,9-11,15-17,20,23-26,29-31H2,1-4H3/t37-,40-,45-,46+/m0/s1. The van der Waals surface area contributed by atoms with Crippen LogP contribution in [-0.4, -0.2) is 59.3 Å². The molecule has 2 N–H and O–H groups in total. The van der Waals surface area contributed by atoms with Crippen molar-refractivity contribution in [1.82, 2.24) is 4.90 Å². The number of hydrogen-bond donors (Lipinski definition) is 2. The van der Waals surface area contributed by atoms with Crippen LogP contribution in [-0.2, 0) is 24.2 Å². The minimum atomic E-state index is -1.21. The number of Topliss-reactive ketones (excluding diaryl/α,β-unsaturated/α-hetero) is 1. The van der Waals surface area contributed by atoms with Gasteiger partial charge in [-0.15, -0.1) is 0 Å². The summed E-state index contributed by atoms with van der Waals surface area (Å²) >= 11 is 0. The van der Waals surface area contributed by atoms with Gasteiger partial charge in [0.15, 0.2) is 17.3 Å². The highest BCUT2D eigenvalue weighted by Gasteiger charge is 2.57. The van der Waals surface area contributed by atoms with E-state index >= 15 is 0 Å². The molecule has 0 unspecified atom stereocenters. The third kappa shape index (κ3) is 8.73. The van der Waals surface area contributed by atoms with Gasteiger partial charge in [-0.3, -0.25) is 9.59 Å². The average molecular weight is 722 g/mol. The number of aliphatic hydroxyl groups excluding tert-OH is 1. The van der Waals surface area contributed by atoms with E-state index in [1.54, 1.807) is 14.2 Å². The third-order valence-electron chi connectivity index (χ3n) is 12.7. The Kier molecular flexibility index (Phi) is 12.5. The number of allylic oxidation sites excluding steroid dienone is 2. The van der Waals surface area contributed by atoms with E-state index in [-0.39, 0.29) is 36.5 Å². The van der Waals surface area contributed by atoms with Gasteiger partial charge in [0.25, 0.3) is 0 Å². The summed E-state index contributed by atoms with van der Waals surface area (Å²) in [6, 6.07) is 21.8. The van der Waals surface area contributed by atoms with E-state index in [9.17, 15) is 19.8 Å². The first-order valence-electron chi connectivity index (χ1n) is 19.8. The van der Waals surface area contributed by atoms with Crippen LogP contribution in [0, 0.1) is 11.3 Å². The molecule has 4 atom stereocenters. The van der Waals surface area contributed by atoms with Gasteiger partial charge in [-0.1, -0.05) is 86.4 Å². The van der Waals surface area contributed by atoms with Crippen LogP contribution >= 0.6 is 0 Å². The molecule has 1 amide bonds. The predicted octanol–water partition coefficient (Wildman–Crippen LogP) is 8.78. The van der Waals surface area contributed by atoms with Crippen LogP contribution in [0.3, 0.4) is 0 Å². The minimum Gasteiger partial charge on any atom is -0.493 e. The number of nitrogens with zero attached hydrogens (tertiary/aromatic N) is 1. The highest BCUT2D eigenvalue weighted by Crippen LogP contribution is 2.59. The van der Waals surface area contributed by atoms with Crippen molar-refractivity contribution < 1.29 is 29.3 Å². The maximum atomic E-state index is 14.5. The Morgan fingerprint density at radius 1 is 0.868 bits per heavy atom. The summed E-state index contributed by atoms with van der Waals surface area (Å²) in [6.45, 7) is 4.88. The van der Waals surface area contributed by atoms with Gasteiger partial charge in [-0.25, -0.2) is 0 Å². The number of fused-ring (bicyclic) bond motifs is 8. The van der Waals surface area contributed by atoms with Crippen molar-refractivity contribution in [2.24, 2.45) is 11.3 Å². The zero-order valence-corrected chi connectivity index (χ0v) is 32.2. The summed E-state index contributed by atoms with van der Waals surface area (Å²) in [5.74, 6) is 1.24. The van der Waals surface area contributed by atoms with Crippen molar-refractivity contribution in [2.75, 3.05) is 20.8 Å². The zero-order valence-electron chi connectivity index (χ0n) is 32.2. The highest BCUT2D eigenvalue weighted by atomic mass is 16.5. The highest BCUT2D eigenvalue weighted by molar-refractivity contribution is 5.99. The molecule has 0 aromatic heterocycles. The number of carbonyl (C=O) groups excluding carboxylic acids is 2. The molecule has 53 heavy (non-hydrogen) atoms. The van der Waals surface area contributed by atoms with Crippen LogP contribution in [0.2, 0.25) is 0 Å². The van der Waals surface area contributed by atoms with Crippen molar-refractivity contribution in [2.45, 2.75) is 121 Å². The van der Waals surface area contributed by atoms with E-state index in [1.165, 1.54) is 12.0 Å². The van der Waals surface area contributed by atoms with Crippen molar-refractivity contribution >= 4 is 11.7 Å². The second-order valence-corrected chi connectivity index (χ2v) is 16.2. The van der Waals surface area contributed by atoms with Gasteiger partial charge < -0.3 is 24.6 Å². The largest absolute Gasteiger partial charge is 0.493 e. The van der Waals surface area contributed by atoms with Gasteiger partial charge in [0.05, 0.1) is 38.9 Å². The molecule has 0 spiro atoms. The molecule has 0 aliphatic heterocycles. The molecular formula is C46H59NO6. The smallest absolute Gasteiger partial charge is 0.227 e. The van der Waals surface area contributed by atoms with E-state index in [1.807, 2.05) is 53.4 Å². The molecule has 4 aliphatic rings. The molecule has 2 bridgehead atoms. The lowest BCUT2D eigenvalue weighted by Crippen LogP contribution is -2.53. The molecule has 7 rings (SSSR count). The second kappa shape index (κ2) is 17.0. The summed E-state index contributed by atoms with van der Waals surface area (Å²) in [5, 5.41) is 24.1. The molecular weight excluding hydrogens is 663 g/mol. The van der Waals surface area contributed by atoms with Crippen LogP contribution in [0.15, 0.2) is 78.4 Å². The molecule has 3 aromatic rings. The summed E-state index contributed by atoms with van der Waals surface area (Å²) < 4.78 is 11.0. The molecule has 0 heterocycles. The molecule has 2 saturated carbocycles. The number of methoxy groups -OCH3 is 2. The number of hydrogen-bond acceptors (Lipinski definition) is 6. The summed E-state index contributed by atoms with van der Waals surface area (Å²) in [6.07, 6.45) is 11.8. The summed E-state index contributed by atoms with van der Waals surface area (Å²) in [5.41, 5.74) is 3.98. The number of aliphatic hydroxyl groups is 2. The Morgan fingerprint density at radius 2 is 1.62 bits per heavy atom. The first-order valence-corrected chi connectivity index (χ1v) is 19.8. The number of rotatable bonds is 10. The Bertz CT molecular complexity index is 1760. The van der Waals surface area contributed by atoms with Crippen LogP contribution in [0.5, 0.6) is 11.5 Å². The van der Waals surface area contributed by atoms with E-state index in [0.29, 0.717) is 50.1 Å². The summed E-state index contributed by atoms with van der Waals surface area (Å²) in [7, 11) is 3.18. The minimum absolute atomic E-state index is 0.00856. The van der Waals surface area contributed by atoms with Gasteiger partial charge in [0, 0.05) is 23.4 Å². The molecule has 4 aliphatic carbocycles. The van der Waals surface area contributed by atoms with E-state index in [0.717, 1.165) is 66.3 Å². The second-order valence-electron chi connectivity index (χ2n) is 16.2. The molecule has 7 heteroatoms. The van der Waals surface area contributed by atoms with Crippen molar-refractivity contribution in [3.63, 3.8) is 0 Å². The topological polar surface area (TPSA) is 96.3 Å². The Morgan fingerprint density at radius 3 is 2.36 bits per heavy atom. The van der Waals surface area contributed by atoms with Gasteiger partial charge in [-0.2, -0.15) is 0 Å². The Labute approximate surface area is 316 Å². The molecule has 284 valence electrons. The van der Waals surface area contributed by atoms with E-state index < -0.39 is 17.1 Å². The fourth-order valence-electron chi connectivity index (χ4n) is 9.43. The molecule has 0 radical (unpaired) electrons. The van der Waals surface area contributed by atoms with Crippen molar-refractivity contribution in [3.8, 4) is 11.5 Å². The molecule has 7 nitrogen and oxygen atoms in total. The number of benzene rings is 3. The third-order valence-corrected chi connectivity index (χ3v) is 12.7. The lowest BCUT2D eigenvalue weighted by atomic mass is 9.64. The van der Waals surface area contributed by atoms with Crippen LogP contribution in [0.1, 0.15) is 123 Å². The first kappa shape index (κ1) is 38.8. The van der Waals surface area contributed by atoms with Gasteiger partial charge in [0.1, 0.15) is 0 Å². The maximum absolute atomic E-state index is 14.5. The molecule has 2 fully saturated rings. The monoisotopic (exact) mass is 721 g/mol. The SMILES string of the molecule is COc1ccc(CC(=O)N(Cc2ccccc2)C[C@]2(O)CC[C@H]3c4ccc(cc4C(=O)C4CCCCC4)C[C@@H](O)CCC(C)=CCC[C@@]32C)cc1OC. The van der Waals surface area contributed by atoms with Gasteiger partial charge in [-0.05, 0) is 111 Å². The summed E-state index contributed by atoms with van der Waals surface area (Å²) in [4.78, 5) is 30.7. The Balaban J connectivity index is 1.38. The zero-order chi connectivity index (χ0) is 37.6. The van der Waals surface area contributed by atoms with Crippen molar-refractivity contribution in [1.29, 1.82) is 0 Å². The predicted molar refractivity (Wildman–Crippen MR) is 209 cm³/mol. The first-order chi connectivity index (χ1) is 25.5. The normalized spacial score (nSPS) is 25.2. The molecule has 0 saturated heterocycles. The average Bonchev–Trinajstić information content (AvgIpc) is 3.42. The van der Waals surface area contributed by atoms with Gasteiger partial charge >= 0.3 is 0 Å². The van der Waals surface area contributed by atoms with Crippen LogP contribution in [0.4, 0.5) is 0 Å². The molecule has 3 aromatic carbocycles. The van der Waals surface area contributed by atoms with Crippen molar-refractivity contribution in [3.05, 3.63) is 106 Å². The number of carbonyl (C=O) groups is 2. The Hall–Kier alpha value is -3.94. The van der Waals surface area contributed by atoms with E-state index in [4.69, 9.17) is 9.47 Å².